The van der Waals surface area contributed by atoms with E-state index in [0.29, 0.717) is 5.31 Å². The van der Waals surface area contributed by atoms with Gasteiger partial charge in [0.05, 0.1) is 0 Å². The van der Waals surface area contributed by atoms with Crippen molar-refractivity contribution in [2.45, 2.75) is 22.7 Å². The van der Waals surface area contributed by atoms with E-state index >= 15 is 0 Å². The summed E-state index contributed by atoms with van der Waals surface area (Å²) >= 11 is 1.96. The van der Waals surface area contributed by atoms with Crippen molar-refractivity contribution >= 4 is 13.7 Å². The van der Waals surface area contributed by atoms with E-state index in [1.807, 2.05) is 69.0 Å². The first-order valence-electron chi connectivity index (χ1n) is 6.96. The van der Waals surface area contributed by atoms with Crippen LogP contribution < -0.4 is 24.8 Å². The van der Waals surface area contributed by atoms with Crippen LogP contribution in [0.2, 0.25) is 0 Å². The van der Waals surface area contributed by atoms with Gasteiger partial charge < -0.3 is 24.8 Å². The number of fused-ring (bicyclic) bond motifs is 2. The number of hydrogen-bond donors (Lipinski definition) is 1. The maximum Gasteiger partial charge on any atom is -1.00 e. The fraction of sp³-hybridized carbons (Fsp3) is 0.250. The third-order valence-electron chi connectivity index (χ3n) is 4.49. The molecule has 1 fully saturated rings. The summed E-state index contributed by atoms with van der Waals surface area (Å²) in [5.74, 6) is 0. The van der Waals surface area contributed by atoms with Crippen molar-refractivity contribution in [3.05, 3.63) is 64.5 Å². The molecule has 1 aromatic rings. The van der Waals surface area contributed by atoms with E-state index in [0.717, 1.165) is 29.5 Å². The van der Waals surface area contributed by atoms with Gasteiger partial charge in [0.25, 0.3) is 0 Å². The average Bonchev–Trinajstić information content (AvgIpc) is 2.92. The molecule has 0 bridgehead atoms. The van der Waals surface area contributed by atoms with Crippen molar-refractivity contribution in [2.24, 2.45) is 0 Å². The van der Waals surface area contributed by atoms with Gasteiger partial charge in [0, 0.05) is 0 Å². The molecule has 0 aromatic heterocycles. The predicted octanol–water partition coefficient (Wildman–Crippen LogP) is -2.13. The maximum atomic E-state index is 12.8. The minimum absolute atomic E-state index is 0. The van der Waals surface area contributed by atoms with Gasteiger partial charge in [-0.15, -0.1) is 0 Å². The molecule has 1 aromatic carbocycles. The average molecular weight is 404 g/mol. The first kappa shape index (κ1) is 19.2. The normalized spacial score (nSPS) is 29.1. The molecule has 4 rings (SSSR count). The molecule has 1 saturated carbocycles. The molecule has 0 aliphatic heterocycles. The summed E-state index contributed by atoms with van der Waals surface area (Å²) in [6, 6.07) is 7.88. The monoisotopic (exact) mass is 403 g/mol. The van der Waals surface area contributed by atoms with Crippen LogP contribution in [0.1, 0.15) is 28.2 Å². The Labute approximate surface area is 159 Å². The first-order chi connectivity index (χ1) is 10.0. The Kier molecular flexibility index (Phi) is 5.56. The number of halogens is 2. The first-order valence-corrected chi connectivity index (χ1v) is 9.44. The molecule has 3 aliphatic carbocycles. The second-order valence-electron chi connectivity index (χ2n) is 5.68. The minimum Gasteiger partial charge on any atom is -1.00 e. The second-order valence-corrected chi connectivity index (χ2v) is 8.32. The van der Waals surface area contributed by atoms with E-state index in [4.69, 9.17) is 4.52 Å². The van der Waals surface area contributed by atoms with Gasteiger partial charge in [0.15, 0.2) is 0 Å². The topological polar surface area (TPSA) is 46.5 Å². The molecule has 1 N–H and O–H groups in total. The van der Waals surface area contributed by atoms with Crippen molar-refractivity contribution in [2.75, 3.05) is 0 Å². The Morgan fingerprint density at radius 1 is 1.30 bits per heavy atom. The quantitative estimate of drug-likeness (QED) is 0.463. The van der Waals surface area contributed by atoms with E-state index in [1.165, 1.54) is 0 Å². The molecule has 0 radical (unpaired) electrons. The van der Waals surface area contributed by atoms with Gasteiger partial charge in [-0.05, 0) is 0 Å². The molecule has 3 aliphatic rings. The van der Waals surface area contributed by atoms with Crippen LogP contribution in [0, 0.1) is 0 Å². The molecule has 119 valence electrons. The van der Waals surface area contributed by atoms with Crippen LogP contribution in [0.3, 0.4) is 0 Å². The van der Waals surface area contributed by atoms with Crippen LogP contribution in [0.5, 0.6) is 0 Å². The Hall–Kier alpha value is -0.116. The zero-order valence-electron chi connectivity index (χ0n) is 12.1. The number of allylic oxidation sites excluding steroid dienone is 3. The third-order valence-corrected chi connectivity index (χ3v) is 7.46. The van der Waals surface area contributed by atoms with Gasteiger partial charge in [-0.1, -0.05) is 0 Å². The summed E-state index contributed by atoms with van der Waals surface area (Å²) in [6.07, 6.45) is 9.37. The van der Waals surface area contributed by atoms with E-state index in [1.54, 1.807) is 0 Å². The largest absolute Gasteiger partial charge is 1.00 e. The number of rotatable bonds is 3. The SMILES string of the molecule is O=P(O)(OC12C=CC=C1CC2)C1=Cc2ccccc2[CH]1[Ti+2].[Cl-].[Cl-]. The Morgan fingerprint density at radius 2 is 2.04 bits per heavy atom. The van der Waals surface area contributed by atoms with Crippen molar-refractivity contribution in [3.63, 3.8) is 0 Å². The van der Waals surface area contributed by atoms with Crippen molar-refractivity contribution in [3.8, 4) is 0 Å². The van der Waals surface area contributed by atoms with Gasteiger partial charge >= 0.3 is 135 Å². The van der Waals surface area contributed by atoms with Crippen LogP contribution in [0.15, 0.2) is 53.4 Å². The van der Waals surface area contributed by atoms with Gasteiger partial charge in [-0.25, -0.2) is 0 Å². The third kappa shape index (κ3) is 2.98. The Balaban J connectivity index is 0.000000960. The molecule has 0 spiro atoms. The Morgan fingerprint density at radius 3 is 2.65 bits per heavy atom. The summed E-state index contributed by atoms with van der Waals surface area (Å²) in [4.78, 5) is 10.5. The van der Waals surface area contributed by atoms with Gasteiger partial charge in [-0.2, -0.15) is 0 Å². The second kappa shape index (κ2) is 6.65. The smallest absolute Gasteiger partial charge is 1.00 e. The standard InChI is InChI=1S/C16H14O3P.2ClH.Ti/c17-20(18,19-16-8-3-6-14(16)7-9-16)15-10-12-4-1-2-5-13(12)11-15;;;/h1-6,8,10-11H,7,9H2,(H,17,18);2*1H;/q;;;+2/p-2. The van der Waals surface area contributed by atoms with Gasteiger partial charge in [-0.3, -0.25) is 0 Å². The van der Waals surface area contributed by atoms with E-state index in [-0.39, 0.29) is 29.0 Å². The Bertz CT molecular complexity index is 774. The molecular weight excluding hydrogens is 390 g/mol. The van der Waals surface area contributed by atoms with E-state index < -0.39 is 13.2 Å². The van der Waals surface area contributed by atoms with Crippen molar-refractivity contribution in [1.82, 2.24) is 0 Å². The molecule has 0 saturated heterocycles. The van der Waals surface area contributed by atoms with Crippen LogP contribution in [-0.2, 0) is 29.5 Å². The van der Waals surface area contributed by atoms with Crippen LogP contribution >= 0.6 is 7.60 Å². The number of hydrogen-bond acceptors (Lipinski definition) is 2. The summed E-state index contributed by atoms with van der Waals surface area (Å²) in [6.45, 7) is 0. The van der Waals surface area contributed by atoms with Crippen LogP contribution in [0.4, 0.5) is 0 Å². The van der Waals surface area contributed by atoms with E-state index in [2.05, 4.69) is 0 Å². The zero-order chi connectivity index (χ0) is 14.7. The molecule has 0 heterocycles. The summed E-state index contributed by atoms with van der Waals surface area (Å²) in [5.41, 5.74) is 2.59. The zero-order valence-corrected chi connectivity index (χ0v) is 16.0. The van der Waals surface area contributed by atoms with Crippen molar-refractivity contribution < 1.29 is 59.2 Å². The predicted molar refractivity (Wildman–Crippen MR) is 77.3 cm³/mol. The summed E-state index contributed by atoms with van der Waals surface area (Å²) < 4.78 is 18.5. The summed E-state index contributed by atoms with van der Waals surface area (Å²) in [5, 5.41) is 0.504. The van der Waals surface area contributed by atoms with E-state index in [9.17, 15) is 9.46 Å². The van der Waals surface area contributed by atoms with Crippen LogP contribution in [0.25, 0.3) is 6.08 Å². The van der Waals surface area contributed by atoms with Crippen molar-refractivity contribution in [1.29, 1.82) is 0 Å². The number of benzene rings is 1. The minimum atomic E-state index is -3.81. The van der Waals surface area contributed by atoms with Gasteiger partial charge in [0.2, 0.25) is 0 Å². The van der Waals surface area contributed by atoms with Gasteiger partial charge in [0.1, 0.15) is 0 Å². The molecule has 3 atom stereocenters. The molecule has 3 unspecified atom stereocenters. The fourth-order valence-electron chi connectivity index (χ4n) is 3.21. The molecule has 0 amide bonds. The van der Waals surface area contributed by atoms with Crippen LogP contribution in [-0.4, -0.2) is 10.5 Å². The molecule has 23 heavy (non-hydrogen) atoms. The molecule has 7 heteroatoms. The maximum absolute atomic E-state index is 12.8. The fourth-order valence-corrected chi connectivity index (χ4v) is 6.10. The molecule has 3 nitrogen and oxygen atoms in total. The summed E-state index contributed by atoms with van der Waals surface area (Å²) in [7, 11) is -3.81. The molecular formula is C16H14Cl2O3PTi.